The molecule has 182 valence electrons. The quantitative estimate of drug-likeness (QED) is 0.715. The zero-order valence-electron chi connectivity index (χ0n) is 20.0. The van der Waals surface area contributed by atoms with E-state index in [4.69, 9.17) is 10.1 Å². The van der Waals surface area contributed by atoms with E-state index < -0.39 is 0 Å². The van der Waals surface area contributed by atoms with Gasteiger partial charge in [-0.25, -0.2) is 14.4 Å². The molecule has 8 heteroatoms. The smallest absolute Gasteiger partial charge is 0.222 e. The third-order valence-corrected chi connectivity index (χ3v) is 5.93. The summed E-state index contributed by atoms with van der Waals surface area (Å²) in [6.45, 7) is 6.83. The zero-order valence-corrected chi connectivity index (χ0v) is 20.0. The monoisotopic (exact) mass is 468 g/mol. The van der Waals surface area contributed by atoms with Crippen LogP contribution < -0.4 is 0 Å². The van der Waals surface area contributed by atoms with Gasteiger partial charge >= 0.3 is 0 Å². The Morgan fingerprint density at radius 2 is 1.76 bits per heavy atom. The number of aliphatic hydroxyl groups is 1. The van der Waals surface area contributed by atoms with Gasteiger partial charge in [0.25, 0.3) is 0 Å². The topological polar surface area (TPSA) is 88.7 Å². The van der Waals surface area contributed by atoms with Gasteiger partial charge in [-0.2, -0.15) is 0 Å². The molecule has 1 fully saturated rings. The van der Waals surface area contributed by atoms with Crippen molar-refractivity contribution in [2.24, 2.45) is 15.9 Å². The first-order valence-electron chi connectivity index (χ1n) is 11.6. The first-order valence-corrected chi connectivity index (χ1v) is 11.6. The van der Waals surface area contributed by atoms with E-state index in [2.05, 4.69) is 23.7 Å². The molecule has 2 aliphatic rings. The number of benzene rings is 2. The van der Waals surface area contributed by atoms with Gasteiger partial charge in [-0.1, -0.05) is 26.0 Å². The summed E-state index contributed by atoms with van der Waals surface area (Å²) in [5, 5.41) is 17.4. The van der Waals surface area contributed by atoms with Crippen LogP contribution in [-0.4, -0.2) is 70.9 Å². The van der Waals surface area contributed by atoms with Gasteiger partial charge < -0.3 is 20.0 Å². The first kappa shape index (κ1) is 25.4. The van der Waals surface area contributed by atoms with E-state index in [9.17, 15) is 14.3 Å². The second-order valence-electron chi connectivity index (χ2n) is 8.73. The third-order valence-electron chi connectivity index (χ3n) is 5.93. The lowest BCUT2D eigenvalue weighted by atomic mass is 10.1. The fourth-order valence-electron chi connectivity index (χ4n) is 4.03. The Bertz CT molecular complexity index is 1060. The van der Waals surface area contributed by atoms with E-state index in [0.717, 1.165) is 24.9 Å². The van der Waals surface area contributed by atoms with E-state index in [1.54, 1.807) is 24.3 Å². The zero-order chi connectivity index (χ0) is 24.7. The van der Waals surface area contributed by atoms with Gasteiger partial charge in [0.1, 0.15) is 17.4 Å². The van der Waals surface area contributed by atoms with Gasteiger partial charge in [0, 0.05) is 46.1 Å². The minimum absolute atomic E-state index is 0.0977. The van der Waals surface area contributed by atoms with Crippen LogP contribution in [0.4, 0.5) is 10.1 Å². The Hall–Kier alpha value is -3.26. The average Bonchev–Trinajstić information content (AvgIpc) is 3.03. The largest absolute Gasteiger partial charge is 0.507 e. The van der Waals surface area contributed by atoms with Crippen LogP contribution in [0.25, 0.3) is 0 Å². The van der Waals surface area contributed by atoms with Gasteiger partial charge in [0.05, 0.1) is 11.3 Å². The molecule has 1 saturated heterocycles. The maximum absolute atomic E-state index is 14.0. The number of carbonyl (C=O) groups excluding carboxylic acids is 1. The molecule has 1 amide bonds. The molecule has 0 aliphatic carbocycles. The molecule has 0 unspecified atom stereocenters. The normalized spacial score (nSPS) is 15.6. The fraction of sp³-hybridized carbons (Fsp3) is 0.423. The number of rotatable bonds is 4. The summed E-state index contributed by atoms with van der Waals surface area (Å²) in [7, 11) is 1.00. The minimum Gasteiger partial charge on any atom is -0.507 e. The Morgan fingerprint density at radius 3 is 2.44 bits per heavy atom. The van der Waals surface area contributed by atoms with E-state index in [1.807, 2.05) is 11.0 Å². The Labute approximate surface area is 200 Å². The summed E-state index contributed by atoms with van der Waals surface area (Å²) < 4.78 is 14.0. The van der Waals surface area contributed by atoms with Gasteiger partial charge in [-0.05, 0) is 48.2 Å². The van der Waals surface area contributed by atoms with Gasteiger partial charge in [-0.3, -0.25) is 4.79 Å². The van der Waals surface area contributed by atoms with Crippen LogP contribution in [0.3, 0.4) is 0 Å². The number of fused-ring (bicyclic) bond motifs is 1. The number of carbonyl (C=O) groups is 1. The highest BCUT2D eigenvalue weighted by molar-refractivity contribution is 6.10. The SMILES string of the molecule is CC(C)CCC(=O)N1CCN(C2=NC(c3ccccc3O)=Nc3ccc(F)cc3C2)CC1.CO. The lowest BCUT2D eigenvalue weighted by molar-refractivity contribution is -0.132. The number of nitrogens with zero attached hydrogens (tertiary/aromatic N) is 4. The van der Waals surface area contributed by atoms with Crippen LogP contribution in [0.2, 0.25) is 0 Å². The molecule has 4 rings (SSSR count). The fourth-order valence-corrected chi connectivity index (χ4v) is 4.03. The van der Waals surface area contributed by atoms with Crippen molar-refractivity contribution in [3.05, 3.63) is 59.4 Å². The third kappa shape index (κ3) is 6.20. The molecule has 2 aliphatic heterocycles. The highest BCUT2D eigenvalue weighted by atomic mass is 19.1. The van der Waals surface area contributed by atoms with Crippen molar-refractivity contribution in [3.63, 3.8) is 0 Å². The number of amides is 1. The van der Waals surface area contributed by atoms with E-state index >= 15 is 0 Å². The molecular formula is C26H33FN4O3. The summed E-state index contributed by atoms with van der Waals surface area (Å²) in [6.07, 6.45) is 1.92. The second-order valence-corrected chi connectivity index (χ2v) is 8.73. The van der Waals surface area contributed by atoms with Crippen LogP contribution in [0.5, 0.6) is 5.75 Å². The Morgan fingerprint density at radius 1 is 1.06 bits per heavy atom. The maximum Gasteiger partial charge on any atom is 0.222 e. The summed E-state index contributed by atoms with van der Waals surface area (Å²) in [5.74, 6) is 1.66. The summed E-state index contributed by atoms with van der Waals surface area (Å²) in [4.78, 5) is 26.0. The summed E-state index contributed by atoms with van der Waals surface area (Å²) >= 11 is 0. The lowest BCUT2D eigenvalue weighted by Crippen LogP contribution is -2.51. The molecule has 34 heavy (non-hydrogen) atoms. The van der Waals surface area contributed by atoms with Gasteiger partial charge in [-0.15, -0.1) is 0 Å². The molecule has 0 bridgehead atoms. The van der Waals surface area contributed by atoms with Crippen molar-refractivity contribution in [1.82, 2.24) is 9.80 Å². The average molecular weight is 469 g/mol. The maximum atomic E-state index is 14.0. The number of aromatic hydroxyl groups is 1. The predicted molar refractivity (Wildman–Crippen MR) is 132 cm³/mol. The van der Waals surface area contributed by atoms with Crippen molar-refractivity contribution in [1.29, 1.82) is 0 Å². The number of halogens is 1. The molecule has 0 atom stereocenters. The summed E-state index contributed by atoms with van der Waals surface area (Å²) in [5.41, 5.74) is 1.93. The molecule has 2 aromatic carbocycles. The van der Waals surface area contributed by atoms with Crippen molar-refractivity contribution in [2.45, 2.75) is 33.1 Å². The molecule has 0 radical (unpaired) electrons. The number of phenols is 1. The van der Waals surface area contributed by atoms with Crippen LogP contribution in [0, 0.1) is 11.7 Å². The summed E-state index contributed by atoms with van der Waals surface area (Å²) in [6, 6.07) is 11.5. The van der Waals surface area contributed by atoms with Crippen LogP contribution in [0.1, 0.15) is 37.8 Å². The number of hydrogen-bond acceptors (Lipinski definition) is 6. The molecule has 0 saturated carbocycles. The predicted octanol–water partition coefficient (Wildman–Crippen LogP) is 3.75. The van der Waals surface area contributed by atoms with Crippen molar-refractivity contribution < 1.29 is 19.4 Å². The highest BCUT2D eigenvalue weighted by Crippen LogP contribution is 2.28. The molecule has 2 aromatic rings. The molecule has 7 nitrogen and oxygen atoms in total. The van der Waals surface area contributed by atoms with Gasteiger partial charge in [0.2, 0.25) is 5.91 Å². The number of aliphatic imine (C=N–C) groups is 2. The Balaban J connectivity index is 0.00000158. The number of para-hydroxylation sites is 1. The Kier molecular flexibility index (Phi) is 8.76. The van der Waals surface area contributed by atoms with E-state index in [0.29, 0.717) is 62.0 Å². The molecule has 2 N–H and O–H groups in total. The van der Waals surface area contributed by atoms with Crippen molar-refractivity contribution >= 4 is 23.3 Å². The number of phenolic OH excluding ortho intramolecular Hbond substituents is 1. The van der Waals surface area contributed by atoms with Crippen LogP contribution in [-0.2, 0) is 11.2 Å². The first-order chi connectivity index (χ1) is 16.4. The van der Waals surface area contributed by atoms with Crippen molar-refractivity contribution in [3.8, 4) is 5.75 Å². The molecule has 0 spiro atoms. The number of hydrogen-bond donors (Lipinski definition) is 2. The molecular weight excluding hydrogens is 435 g/mol. The number of piperazine rings is 1. The highest BCUT2D eigenvalue weighted by Gasteiger charge is 2.26. The molecule has 2 heterocycles. The number of amidine groups is 2. The van der Waals surface area contributed by atoms with Gasteiger partial charge in [0.15, 0.2) is 5.84 Å². The van der Waals surface area contributed by atoms with E-state index in [1.165, 1.54) is 12.1 Å². The standard InChI is InChI=1S/C25H29FN4O2.CH4O/c1-17(2)7-10-24(32)30-13-11-29(12-14-30)23-16-18-15-19(26)8-9-21(18)27-25(28-23)20-5-3-4-6-22(20)31;1-2/h3-6,8-9,15,17,31H,7,10-14,16H2,1-2H3;2H,1H3. The van der Waals surface area contributed by atoms with Crippen LogP contribution in [0.15, 0.2) is 52.4 Å². The second kappa shape index (κ2) is 11.7. The van der Waals surface area contributed by atoms with Crippen LogP contribution >= 0.6 is 0 Å². The van der Waals surface area contributed by atoms with E-state index in [-0.39, 0.29) is 17.5 Å². The minimum atomic E-state index is -0.315. The lowest BCUT2D eigenvalue weighted by Gasteiger charge is -2.36. The number of aliphatic hydroxyl groups excluding tert-OH is 1. The molecule has 0 aromatic heterocycles. The van der Waals surface area contributed by atoms with Crippen molar-refractivity contribution in [2.75, 3.05) is 33.3 Å².